The fourth-order valence-corrected chi connectivity index (χ4v) is 1.23. The minimum atomic E-state index is -2.83. The highest BCUT2D eigenvalue weighted by atomic mass is 19.3. The zero-order valence-corrected chi connectivity index (χ0v) is 8.15. The molecule has 0 fully saturated rings. The van der Waals surface area contributed by atoms with E-state index in [1.807, 2.05) is 0 Å². The van der Waals surface area contributed by atoms with Crippen LogP contribution in [-0.2, 0) is 17.8 Å². The quantitative estimate of drug-likeness (QED) is 0.713. The molecule has 1 aromatic rings. The summed E-state index contributed by atoms with van der Waals surface area (Å²) in [7, 11) is 0. The summed E-state index contributed by atoms with van der Waals surface area (Å²) in [6.07, 6.45) is -3.39. The van der Waals surface area contributed by atoms with Gasteiger partial charge in [0.25, 0.3) is 6.43 Å². The Balaban J connectivity index is 3.24. The number of aromatic hydroxyl groups is 1. The molecule has 0 spiro atoms. The zero-order valence-electron chi connectivity index (χ0n) is 8.15. The second-order valence-electron chi connectivity index (χ2n) is 3.08. The lowest BCUT2D eigenvalue weighted by Crippen LogP contribution is -2.08. The van der Waals surface area contributed by atoms with Crippen LogP contribution in [0.2, 0.25) is 0 Å². The molecule has 7 heteroatoms. The van der Waals surface area contributed by atoms with Crippen molar-refractivity contribution in [2.45, 2.75) is 19.4 Å². The molecule has 0 aliphatic rings. The number of aromatic nitrogens is 1. The van der Waals surface area contributed by atoms with Crippen LogP contribution in [0.5, 0.6) is 5.75 Å². The van der Waals surface area contributed by atoms with Crippen LogP contribution >= 0.6 is 0 Å². The minimum Gasteiger partial charge on any atom is -0.506 e. The van der Waals surface area contributed by atoms with Gasteiger partial charge in [0.2, 0.25) is 0 Å². The SMILES string of the molecule is NCc1nc(C(F)F)cc(CC(=O)O)c1O. The molecule has 0 aliphatic carbocycles. The molecule has 0 aliphatic heterocycles. The summed E-state index contributed by atoms with van der Waals surface area (Å²) < 4.78 is 24.8. The Kier molecular flexibility index (Phi) is 3.73. The zero-order chi connectivity index (χ0) is 12.3. The van der Waals surface area contributed by atoms with Gasteiger partial charge in [-0.1, -0.05) is 0 Å². The van der Waals surface area contributed by atoms with Crippen molar-refractivity contribution in [2.75, 3.05) is 0 Å². The number of pyridine rings is 1. The topological polar surface area (TPSA) is 96.4 Å². The van der Waals surface area contributed by atoms with Gasteiger partial charge in [-0.3, -0.25) is 4.79 Å². The number of hydrogen-bond acceptors (Lipinski definition) is 4. The molecule has 88 valence electrons. The fraction of sp³-hybridized carbons (Fsp3) is 0.333. The predicted molar refractivity (Wildman–Crippen MR) is 50.1 cm³/mol. The number of halogens is 2. The lowest BCUT2D eigenvalue weighted by Gasteiger charge is -2.09. The van der Waals surface area contributed by atoms with Gasteiger partial charge in [0.05, 0.1) is 12.1 Å². The Bertz CT molecular complexity index is 410. The first-order chi connectivity index (χ1) is 7.45. The van der Waals surface area contributed by atoms with E-state index in [0.29, 0.717) is 0 Å². The Morgan fingerprint density at radius 1 is 1.56 bits per heavy atom. The van der Waals surface area contributed by atoms with Gasteiger partial charge >= 0.3 is 5.97 Å². The Hall–Kier alpha value is -1.76. The van der Waals surface area contributed by atoms with Crippen LogP contribution in [0.4, 0.5) is 8.78 Å². The van der Waals surface area contributed by atoms with Crippen molar-refractivity contribution in [1.82, 2.24) is 4.98 Å². The highest BCUT2D eigenvalue weighted by molar-refractivity contribution is 5.71. The first-order valence-electron chi connectivity index (χ1n) is 4.37. The molecule has 0 atom stereocenters. The van der Waals surface area contributed by atoms with E-state index in [4.69, 9.17) is 10.8 Å². The standard InChI is InChI=1S/C9H10F2N2O3/c10-9(11)5-1-4(2-7(14)15)8(16)6(3-12)13-5/h1,9,16H,2-3,12H2,(H,14,15). The summed E-state index contributed by atoms with van der Waals surface area (Å²) in [6, 6.07) is 0.868. The van der Waals surface area contributed by atoms with Crippen LogP contribution in [0.25, 0.3) is 0 Å². The normalized spacial score (nSPS) is 10.8. The smallest absolute Gasteiger partial charge is 0.307 e. The number of carboxylic acids is 1. The maximum Gasteiger partial charge on any atom is 0.307 e. The molecule has 0 aromatic carbocycles. The molecule has 16 heavy (non-hydrogen) atoms. The van der Waals surface area contributed by atoms with E-state index in [0.717, 1.165) is 6.07 Å². The molecule has 4 N–H and O–H groups in total. The largest absolute Gasteiger partial charge is 0.506 e. The van der Waals surface area contributed by atoms with Gasteiger partial charge in [0.1, 0.15) is 11.4 Å². The number of rotatable bonds is 4. The molecule has 1 aromatic heterocycles. The van der Waals surface area contributed by atoms with Crippen LogP contribution in [0.1, 0.15) is 23.4 Å². The van der Waals surface area contributed by atoms with E-state index in [-0.39, 0.29) is 17.8 Å². The van der Waals surface area contributed by atoms with Gasteiger partial charge in [-0.25, -0.2) is 13.8 Å². The van der Waals surface area contributed by atoms with E-state index >= 15 is 0 Å². The van der Waals surface area contributed by atoms with E-state index in [1.54, 1.807) is 0 Å². The van der Waals surface area contributed by atoms with Gasteiger partial charge in [0, 0.05) is 12.1 Å². The van der Waals surface area contributed by atoms with E-state index in [9.17, 15) is 18.7 Å². The molecule has 0 saturated heterocycles. The predicted octanol–water partition coefficient (Wildman–Crippen LogP) is 0.811. The highest BCUT2D eigenvalue weighted by Crippen LogP contribution is 2.26. The van der Waals surface area contributed by atoms with Gasteiger partial charge in [-0.2, -0.15) is 0 Å². The fourth-order valence-electron chi connectivity index (χ4n) is 1.23. The molecule has 5 nitrogen and oxygen atoms in total. The molecular formula is C9H10F2N2O3. The summed E-state index contributed by atoms with van der Waals surface area (Å²) in [6.45, 7) is -0.237. The number of carboxylic acid groups (broad SMARTS) is 1. The average Bonchev–Trinajstić information content (AvgIpc) is 2.20. The van der Waals surface area contributed by atoms with Crippen molar-refractivity contribution in [3.63, 3.8) is 0 Å². The number of hydrogen-bond donors (Lipinski definition) is 3. The first-order valence-corrected chi connectivity index (χ1v) is 4.37. The van der Waals surface area contributed by atoms with Crippen molar-refractivity contribution < 1.29 is 23.8 Å². The second-order valence-corrected chi connectivity index (χ2v) is 3.08. The van der Waals surface area contributed by atoms with E-state index < -0.39 is 30.3 Å². The summed E-state index contributed by atoms with van der Waals surface area (Å²) in [5, 5.41) is 18.0. The Morgan fingerprint density at radius 2 is 2.19 bits per heavy atom. The third-order valence-corrected chi connectivity index (χ3v) is 1.92. The van der Waals surface area contributed by atoms with E-state index in [1.165, 1.54) is 0 Å². The van der Waals surface area contributed by atoms with Gasteiger partial charge in [-0.05, 0) is 6.07 Å². The molecule has 0 saturated carbocycles. The van der Waals surface area contributed by atoms with Crippen molar-refractivity contribution in [2.24, 2.45) is 5.73 Å². The maximum atomic E-state index is 12.4. The molecule has 0 unspecified atom stereocenters. The number of alkyl halides is 2. The van der Waals surface area contributed by atoms with Gasteiger partial charge in [0.15, 0.2) is 0 Å². The number of carbonyl (C=O) groups is 1. The third-order valence-electron chi connectivity index (χ3n) is 1.92. The van der Waals surface area contributed by atoms with Crippen LogP contribution in [0, 0.1) is 0 Å². The number of nitrogens with two attached hydrogens (primary N) is 1. The van der Waals surface area contributed by atoms with Crippen LogP contribution < -0.4 is 5.73 Å². The molecular weight excluding hydrogens is 222 g/mol. The Morgan fingerprint density at radius 3 is 2.62 bits per heavy atom. The van der Waals surface area contributed by atoms with Crippen LogP contribution in [0.15, 0.2) is 6.07 Å². The number of nitrogens with zero attached hydrogens (tertiary/aromatic N) is 1. The first kappa shape index (κ1) is 12.3. The molecule has 1 heterocycles. The van der Waals surface area contributed by atoms with Gasteiger partial charge in [-0.15, -0.1) is 0 Å². The Labute approximate surface area is 89.5 Å². The molecule has 0 amide bonds. The number of aliphatic carboxylic acids is 1. The van der Waals surface area contributed by atoms with Crippen molar-refractivity contribution >= 4 is 5.97 Å². The lowest BCUT2D eigenvalue weighted by molar-refractivity contribution is -0.136. The van der Waals surface area contributed by atoms with Crippen LogP contribution in [-0.4, -0.2) is 21.2 Å². The van der Waals surface area contributed by atoms with Crippen molar-refractivity contribution in [1.29, 1.82) is 0 Å². The summed E-state index contributed by atoms with van der Waals surface area (Å²) in [4.78, 5) is 13.9. The van der Waals surface area contributed by atoms with E-state index in [2.05, 4.69) is 4.98 Å². The summed E-state index contributed by atoms with van der Waals surface area (Å²) in [5.74, 6) is -1.67. The molecule has 0 bridgehead atoms. The minimum absolute atomic E-state index is 0.113. The van der Waals surface area contributed by atoms with Crippen molar-refractivity contribution in [3.05, 3.63) is 23.0 Å². The molecule has 1 rings (SSSR count). The molecule has 0 radical (unpaired) electrons. The average molecular weight is 232 g/mol. The second kappa shape index (κ2) is 4.84. The maximum absolute atomic E-state index is 12.4. The third kappa shape index (κ3) is 2.63. The monoisotopic (exact) mass is 232 g/mol. The van der Waals surface area contributed by atoms with Crippen LogP contribution in [0.3, 0.4) is 0 Å². The summed E-state index contributed by atoms with van der Waals surface area (Å²) >= 11 is 0. The summed E-state index contributed by atoms with van der Waals surface area (Å²) in [5.41, 5.74) is 4.37. The highest BCUT2D eigenvalue weighted by Gasteiger charge is 2.17. The lowest BCUT2D eigenvalue weighted by atomic mass is 10.1. The van der Waals surface area contributed by atoms with Crippen molar-refractivity contribution in [3.8, 4) is 5.75 Å². The van der Waals surface area contributed by atoms with Gasteiger partial charge < -0.3 is 15.9 Å².